The standard InChI is InChI=1S/C19H14F5N3O5/c20-18(21,22)15-12(2-1-5-26-15)19(23,24)32-9-3-4-14-10(6-9)11(8-31-14)17(30)27-13(7-28)16(25)29/h1-6,8,13,28H,7H2,(H2,25,29)(H,27,30)/t13-/m0/s1. The van der Waals surface area contributed by atoms with Gasteiger partial charge in [-0.3, -0.25) is 14.6 Å². The fraction of sp³-hybridized carbons (Fsp3) is 0.211. The first-order valence-electron chi connectivity index (χ1n) is 8.76. The van der Waals surface area contributed by atoms with Crippen LogP contribution < -0.4 is 15.8 Å². The van der Waals surface area contributed by atoms with Gasteiger partial charge in [-0.15, -0.1) is 0 Å². The van der Waals surface area contributed by atoms with E-state index in [1.165, 1.54) is 0 Å². The van der Waals surface area contributed by atoms with Crippen molar-refractivity contribution in [1.29, 1.82) is 0 Å². The number of amides is 2. The Bertz CT molecular complexity index is 1160. The summed E-state index contributed by atoms with van der Waals surface area (Å²) in [7, 11) is 0. The van der Waals surface area contributed by atoms with Crippen LogP contribution in [0.2, 0.25) is 0 Å². The van der Waals surface area contributed by atoms with E-state index in [9.17, 15) is 31.5 Å². The molecular weight excluding hydrogens is 445 g/mol. The number of aliphatic hydroxyl groups is 1. The van der Waals surface area contributed by atoms with Crippen molar-refractivity contribution in [1.82, 2.24) is 10.3 Å². The van der Waals surface area contributed by atoms with Crippen LogP contribution in [0.5, 0.6) is 5.75 Å². The third-order valence-electron chi connectivity index (χ3n) is 4.26. The number of rotatable bonds is 7. The summed E-state index contributed by atoms with van der Waals surface area (Å²) in [6.07, 6.45) is -7.89. The topological polar surface area (TPSA) is 128 Å². The Balaban J connectivity index is 1.94. The summed E-state index contributed by atoms with van der Waals surface area (Å²) in [5.74, 6) is -2.52. The van der Waals surface area contributed by atoms with Crippen molar-refractivity contribution in [2.24, 2.45) is 5.73 Å². The Hall–Kier alpha value is -3.74. The van der Waals surface area contributed by atoms with Gasteiger partial charge in [-0.1, -0.05) is 0 Å². The van der Waals surface area contributed by atoms with E-state index in [2.05, 4.69) is 15.0 Å². The highest BCUT2D eigenvalue weighted by Gasteiger charge is 2.46. The van der Waals surface area contributed by atoms with Crippen molar-refractivity contribution >= 4 is 22.8 Å². The van der Waals surface area contributed by atoms with Crippen LogP contribution in [0.1, 0.15) is 21.6 Å². The van der Waals surface area contributed by atoms with Gasteiger partial charge in [-0.05, 0) is 30.3 Å². The minimum absolute atomic E-state index is 0.0424. The summed E-state index contributed by atoms with van der Waals surface area (Å²) in [5.41, 5.74) is 1.56. The molecule has 0 aliphatic heterocycles. The highest BCUT2D eigenvalue weighted by Crippen LogP contribution is 2.40. The normalized spacial score (nSPS) is 13.1. The average Bonchev–Trinajstić information content (AvgIpc) is 3.14. The third-order valence-corrected chi connectivity index (χ3v) is 4.26. The molecule has 0 aliphatic carbocycles. The first-order chi connectivity index (χ1) is 14.9. The van der Waals surface area contributed by atoms with Gasteiger partial charge in [0.15, 0.2) is 5.69 Å². The molecule has 2 heterocycles. The molecule has 4 N–H and O–H groups in total. The van der Waals surface area contributed by atoms with Crippen LogP contribution in [0.3, 0.4) is 0 Å². The molecule has 3 aromatic rings. The number of nitrogens with zero attached hydrogens (tertiary/aromatic N) is 1. The zero-order chi connectivity index (χ0) is 23.7. The highest BCUT2D eigenvalue weighted by molar-refractivity contribution is 6.07. The molecule has 1 aromatic carbocycles. The fourth-order valence-corrected chi connectivity index (χ4v) is 2.76. The van der Waals surface area contributed by atoms with E-state index in [4.69, 9.17) is 15.3 Å². The molecule has 170 valence electrons. The number of nitrogens with one attached hydrogen (secondary N) is 1. The quantitative estimate of drug-likeness (QED) is 0.466. The number of aliphatic hydroxyl groups excluding tert-OH is 1. The summed E-state index contributed by atoms with van der Waals surface area (Å²) in [6, 6.07) is 3.13. The predicted molar refractivity (Wildman–Crippen MR) is 97.5 cm³/mol. The van der Waals surface area contributed by atoms with Crippen LogP contribution in [0.15, 0.2) is 47.2 Å². The van der Waals surface area contributed by atoms with Crippen LogP contribution in [0.25, 0.3) is 11.0 Å². The van der Waals surface area contributed by atoms with Crippen LogP contribution in [-0.4, -0.2) is 34.6 Å². The molecule has 2 aromatic heterocycles. The minimum atomic E-state index is -5.15. The van der Waals surface area contributed by atoms with Crippen LogP contribution >= 0.6 is 0 Å². The Labute approximate surface area is 175 Å². The number of hydrogen-bond acceptors (Lipinski definition) is 6. The van der Waals surface area contributed by atoms with Gasteiger partial charge in [0.25, 0.3) is 5.91 Å². The third kappa shape index (κ3) is 4.61. The average molecular weight is 459 g/mol. The molecule has 0 fully saturated rings. The number of aromatic nitrogens is 1. The Morgan fingerprint density at radius 2 is 1.94 bits per heavy atom. The van der Waals surface area contributed by atoms with E-state index in [0.717, 1.165) is 36.7 Å². The van der Waals surface area contributed by atoms with E-state index in [1.807, 2.05) is 0 Å². The van der Waals surface area contributed by atoms with Gasteiger partial charge in [0.1, 0.15) is 23.6 Å². The number of halogens is 5. The lowest BCUT2D eigenvalue weighted by Gasteiger charge is -2.21. The SMILES string of the molecule is NC(=O)[C@H](CO)NC(=O)c1coc2ccc(OC(F)(F)c3cccnc3C(F)(F)F)cc12. The minimum Gasteiger partial charge on any atom is -0.463 e. The monoisotopic (exact) mass is 459 g/mol. The largest absolute Gasteiger partial charge is 0.463 e. The molecule has 8 nitrogen and oxygen atoms in total. The molecule has 0 bridgehead atoms. The Morgan fingerprint density at radius 3 is 2.56 bits per heavy atom. The lowest BCUT2D eigenvalue weighted by molar-refractivity contribution is -0.196. The molecule has 3 rings (SSSR count). The van der Waals surface area contributed by atoms with Crippen molar-refractivity contribution in [2.45, 2.75) is 18.3 Å². The summed E-state index contributed by atoms with van der Waals surface area (Å²) < 4.78 is 78.0. The van der Waals surface area contributed by atoms with Crippen molar-refractivity contribution in [3.8, 4) is 5.75 Å². The number of pyridine rings is 1. The summed E-state index contributed by atoms with van der Waals surface area (Å²) in [6.45, 7) is -0.788. The number of ether oxygens (including phenoxy) is 1. The van der Waals surface area contributed by atoms with Gasteiger partial charge in [0.05, 0.1) is 17.7 Å². The number of benzene rings is 1. The molecule has 0 spiro atoms. The van der Waals surface area contributed by atoms with E-state index < -0.39 is 53.8 Å². The predicted octanol–water partition coefficient (Wildman–Crippen LogP) is 2.55. The molecule has 2 amide bonds. The first-order valence-corrected chi connectivity index (χ1v) is 8.76. The number of primary amides is 1. The number of carbonyl (C=O) groups excluding carboxylic acids is 2. The summed E-state index contributed by atoms with van der Waals surface area (Å²) in [4.78, 5) is 26.5. The van der Waals surface area contributed by atoms with Crippen molar-refractivity contribution < 1.29 is 45.8 Å². The van der Waals surface area contributed by atoms with Crippen molar-refractivity contribution in [3.05, 3.63) is 59.6 Å². The number of fused-ring (bicyclic) bond motifs is 1. The van der Waals surface area contributed by atoms with E-state index in [1.54, 1.807) is 0 Å². The van der Waals surface area contributed by atoms with Gasteiger partial charge >= 0.3 is 12.3 Å². The Morgan fingerprint density at radius 1 is 1.22 bits per heavy atom. The second-order valence-electron chi connectivity index (χ2n) is 6.43. The molecular formula is C19H14F5N3O5. The van der Waals surface area contributed by atoms with Gasteiger partial charge in [-0.25, -0.2) is 0 Å². The van der Waals surface area contributed by atoms with Crippen LogP contribution in [0, 0.1) is 0 Å². The van der Waals surface area contributed by atoms with Crippen molar-refractivity contribution in [3.63, 3.8) is 0 Å². The van der Waals surface area contributed by atoms with Gasteiger partial charge < -0.3 is 25.3 Å². The summed E-state index contributed by atoms with van der Waals surface area (Å²) >= 11 is 0. The lowest BCUT2D eigenvalue weighted by Crippen LogP contribution is -2.46. The second kappa shape index (κ2) is 8.42. The van der Waals surface area contributed by atoms with E-state index in [-0.39, 0.29) is 16.5 Å². The molecule has 0 radical (unpaired) electrons. The van der Waals surface area contributed by atoms with E-state index >= 15 is 0 Å². The van der Waals surface area contributed by atoms with Gasteiger partial charge in [0.2, 0.25) is 5.91 Å². The molecule has 1 atom stereocenters. The molecule has 0 saturated heterocycles. The maximum atomic E-state index is 14.6. The maximum Gasteiger partial charge on any atom is 0.433 e. The fourth-order valence-electron chi connectivity index (χ4n) is 2.76. The number of carbonyl (C=O) groups is 2. The molecule has 32 heavy (non-hydrogen) atoms. The number of alkyl halides is 5. The molecule has 0 unspecified atom stereocenters. The first kappa shape index (κ1) is 22.9. The summed E-state index contributed by atoms with van der Waals surface area (Å²) in [5, 5.41) is 11.2. The van der Waals surface area contributed by atoms with Crippen molar-refractivity contribution in [2.75, 3.05) is 6.61 Å². The van der Waals surface area contributed by atoms with Gasteiger partial charge in [0, 0.05) is 11.6 Å². The molecule has 0 aliphatic rings. The number of furan rings is 1. The maximum absolute atomic E-state index is 14.6. The highest BCUT2D eigenvalue weighted by atomic mass is 19.4. The molecule has 13 heteroatoms. The lowest BCUT2D eigenvalue weighted by atomic mass is 10.1. The molecule has 0 saturated carbocycles. The Kier molecular flexibility index (Phi) is 6.03. The van der Waals surface area contributed by atoms with Crippen LogP contribution in [-0.2, 0) is 17.1 Å². The van der Waals surface area contributed by atoms with Gasteiger partial charge in [-0.2, -0.15) is 22.0 Å². The zero-order valence-corrected chi connectivity index (χ0v) is 15.8. The zero-order valence-electron chi connectivity index (χ0n) is 15.8. The van der Waals surface area contributed by atoms with Crippen LogP contribution in [0.4, 0.5) is 22.0 Å². The smallest absolute Gasteiger partial charge is 0.433 e. The number of nitrogens with two attached hydrogens (primary N) is 1. The number of hydrogen-bond donors (Lipinski definition) is 3. The second-order valence-corrected chi connectivity index (χ2v) is 6.43. The van der Waals surface area contributed by atoms with E-state index in [0.29, 0.717) is 6.07 Å².